The number of benzene rings is 1. The van der Waals surface area contributed by atoms with Crippen LogP contribution in [0.1, 0.15) is 5.56 Å². The van der Waals surface area contributed by atoms with E-state index in [1.807, 2.05) is 0 Å². The number of nitrogen functional groups attached to an aromatic ring is 1. The highest BCUT2D eigenvalue weighted by molar-refractivity contribution is 9.10. The third kappa shape index (κ3) is 2.36. The highest BCUT2D eigenvalue weighted by atomic mass is 79.9. The molecule has 0 aliphatic heterocycles. The molecule has 0 saturated carbocycles. The number of aromatic nitrogens is 2. The van der Waals surface area contributed by atoms with Crippen molar-refractivity contribution in [2.24, 2.45) is 0 Å². The lowest BCUT2D eigenvalue weighted by molar-refractivity contribution is 0.618. The van der Waals surface area contributed by atoms with Gasteiger partial charge in [0.1, 0.15) is 5.82 Å². The zero-order valence-electron chi connectivity index (χ0n) is 7.82. The Kier molecular flexibility index (Phi) is 2.73. The van der Waals surface area contributed by atoms with Crippen molar-refractivity contribution in [1.29, 1.82) is 0 Å². The Morgan fingerprint density at radius 2 is 2.27 bits per heavy atom. The van der Waals surface area contributed by atoms with E-state index in [0.29, 0.717) is 12.2 Å². The monoisotopic (exact) mass is 269 g/mol. The van der Waals surface area contributed by atoms with Gasteiger partial charge >= 0.3 is 0 Å². The molecule has 1 heterocycles. The molecule has 2 aromatic rings. The molecule has 0 unspecified atom stereocenters. The quantitative estimate of drug-likeness (QED) is 0.910. The van der Waals surface area contributed by atoms with E-state index in [-0.39, 0.29) is 5.82 Å². The van der Waals surface area contributed by atoms with Crippen LogP contribution in [0.2, 0.25) is 0 Å². The summed E-state index contributed by atoms with van der Waals surface area (Å²) >= 11 is 3.36. The van der Waals surface area contributed by atoms with Crippen molar-refractivity contribution in [3.63, 3.8) is 0 Å². The number of nitrogens with zero attached hydrogens (tertiary/aromatic N) is 2. The van der Waals surface area contributed by atoms with Gasteiger partial charge in [-0.2, -0.15) is 5.10 Å². The van der Waals surface area contributed by atoms with Crippen molar-refractivity contribution >= 4 is 21.6 Å². The maximum atomic E-state index is 13.0. The summed E-state index contributed by atoms with van der Waals surface area (Å²) in [6, 6.07) is 4.56. The normalized spacial score (nSPS) is 10.5. The molecular formula is C10H9BrFN3. The third-order valence-electron chi connectivity index (χ3n) is 1.99. The minimum absolute atomic E-state index is 0.256. The predicted molar refractivity (Wildman–Crippen MR) is 59.8 cm³/mol. The van der Waals surface area contributed by atoms with Gasteiger partial charge in [-0.05, 0) is 23.8 Å². The molecule has 0 aliphatic carbocycles. The van der Waals surface area contributed by atoms with E-state index in [1.54, 1.807) is 23.1 Å². The van der Waals surface area contributed by atoms with Crippen molar-refractivity contribution in [2.45, 2.75) is 6.54 Å². The molecule has 0 spiro atoms. The van der Waals surface area contributed by atoms with Crippen LogP contribution in [0, 0.1) is 5.82 Å². The van der Waals surface area contributed by atoms with Crippen LogP contribution in [0.25, 0.3) is 0 Å². The van der Waals surface area contributed by atoms with E-state index in [1.165, 1.54) is 12.1 Å². The molecule has 15 heavy (non-hydrogen) atoms. The second kappa shape index (κ2) is 4.02. The Bertz CT molecular complexity index is 481. The Hall–Kier alpha value is -1.36. The number of hydrogen-bond donors (Lipinski definition) is 1. The fourth-order valence-corrected chi connectivity index (χ4v) is 1.68. The maximum Gasteiger partial charge on any atom is 0.123 e. The third-order valence-corrected chi connectivity index (χ3v) is 2.77. The molecule has 0 radical (unpaired) electrons. The smallest absolute Gasteiger partial charge is 0.123 e. The van der Waals surface area contributed by atoms with E-state index >= 15 is 0 Å². The molecule has 0 aliphatic rings. The average molecular weight is 270 g/mol. The van der Waals surface area contributed by atoms with E-state index in [2.05, 4.69) is 21.0 Å². The standard InChI is InChI=1S/C10H9BrFN3/c11-10-2-1-8(12)3-7(10)5-15-6-9(13)4-14-15/h1-4,6H,5,13H2. The molecule has 2 N–H and O–H groups in total. The van der Waals surface area contributed by atoms with Crippen molar-refractivity contribution in [2.75, 3.05) is 5.73 Å². The summed E-state index contributed by atoms with van der Waals surface area (Å²) in [5.41, 5.74) is 6.96. The Labute approximate surface area is 94.8 Å². The summed E-state index contributed by atoms with van der Waals surface area (Å²) in [6.07, 6.45) is 3.27. The molecule has 2 rings (SSSR count). The molecule has 5 heteroatoms. The summed E-state index contributed by atoms with van der Waals surface area (Å²) in [6.45, 7) is 0.496. The van der Waals surface area contributed by atoms with Crippen molar-refractivity contribution < 1.29 is 4.39 Å². The van der Waals surface area contributed by atoms with Gasteiger partial charge in [-0.15, -0.1) is 0 Å². The van der Waals surface area contributed by atoms with E-state index in [4.69, 9.17) is 5.73 Å². The van der Waals surface area contributed by atoms with Crippen molar-refractivity contribution in [1.82, 2.24) is 9.78 Å². The van der Waals surface area contributed by atoms with Crippen molar-refractivity contribution in [3.05, 3.63) is 46.4 Å². The van der Waals surface area contributed by atoms with Gasteiger partial charge in [-0.1, -0.05) is 15.9 Å². The number of hydrogen-bond acceptors (Lipinski definition) is 2. The Morgan fingerprint density at radius 3 is 2.93 bits per heavy atom. The number of rotatable bonds is 2. The first-order chi connectivity index (χ1) is 7.15. The average Bonchev–Trinajstić information content (AvgIpc) is 2.58. The molecule has 3 nitrogen and oxygen atoms in total. The summed E-state index contributed by atoms with van der Waals surface area (Å²) in [7, 11) is 0. The maximum absolute atomic E-state index is 13.0. The van der Waals surface area contributed by atoms with Crippen LogP contribution in [0.4, 0.5) is 10.1 Å². The minimum atomic E-state index is -0.256. The molecule has 0 saturated heterocycles. The molecule has 78 valence electrons. The van der Waals surface area contributed by atoms with Gasteiger partial charge in [-0.3, -0.25) is 4.68 Å². The van der Waals surface area contributed by atoms with Crippen LogP contribution >= 0.6 is 15.9 Å². The first-order valence-electron chi connectivity index (χ1n) is 4.37. The zero-order chi connectivity index (χ0) is 10.8. The second-order valence-corrected chi connectivity index (χ2v) is 4.06. The molecule has 0 atom stereocenters. The van der Waals surface area contributed by atoms with Gasteiger partial charge in [0.05, 0.1) is 18.4 Å². The van der Waals surface area contributed by atoms with Gasteiger partial charge in [0, 0.05) is 10.7 Å². The lowest BCUT2D eigenvalue weighted by atomic mass is 10.2. The van der Waals surface area contributed by atoms with Gasteiger partial charge in [0.2, 0.25) is 0 Å². The summed E-state index contributed by atoms with van der Waals surface area (Å²) in [4.78, 5) is 0. The van der Waals surface area contributed by atoms with Gasteiger partial charge in [0.15, 0.2) is 0 Å². The van der Waals surface area contributed by atoms with Crippen LogP contribution in [0.15, 0.2) is 35.1 Å². The van der Waals surface area contributed by atoms with E-state index in [9.17, 15) is 4.39 Å². The largest absolute Gasteiger partial charge is 0.396 e. The number of nitrogens with two attached hydrogens (primary N) is 1. The van der Waals surface area contributed by atoms with Crippen LogP contribution in [0.5, 0.6) is 0 Å². The number of halogens is 2. The molecule has 1 aromatic carbocycles. The Morgan fingerprint density at radius 1 is 1.47 bits per heavy atom. The van der Waals surface area contributed by atoms with E-state index < -0.39 is 0 Å². The predicted octanol–water partition coefficient (Wildman–Crippen LogP) is 2.42. The summed E-state index contributed by atoms with van der Waals surface area (Å²) in [5.74, 6) is -0.256. The SMILES string of the molecule is Nc1cnn(Cc2cc(F)ccc2Br)c1. The summed E-state index contributed by atoms with van der Waals surface area (Å²) in [5, 5.41) is 4.03. The van der Waals surface area contributed by atoms with Gasteiger partial charge in [-0.25, -0.2) is 4.39 Å². The van der Waals surface area contributed by atoms with Crippen LogP contribution in [-0.2, 0) is 6.54 Å². The lowest BCUT2D eigenvalue weighted by Crippen LogP contribution is -2.01. The first kappa shape index (κ1) is 10.2. The second-order valence-electron chi connectivity index (χ2n) is 3.21. The van der Waals surface area contributed by atoms with Crippen LogP contribution in [-0.4, -0.2) is 9.78 Å². The minimum Gasteiger partial charge on any atom is -0.396 e. The zero-order valence-corrected chi connectivity index (χ0v) is 9.41. The molecule has 0 fully saturated rings. The lowest BCUT2D eigenvalue weighted by Gasteiger charge is -2.04. The van der Waals surface area contributed by atoms with Gasteiger partial charge in [0.25, 0.3) is 0 Å². The fourth-order valence-electron chi connectivity index (χ4n) is 1.31. The van der Waals surface area contributed by atoms with E-state index in [0.717, 1.165) is 10.0 Å². The van der Waals surface area contributed by atoms with Crippen LogP contribution in [0.3, 0.4) is 0 Å². The molecular weight excluding hydrogens is 261 g/mol. The highest BCUT2D eigenvalue weighted by Crippen LogP contribution is 2.18. The first-order valence-corrected chi connectivity index (χ1v) is 5.16. The molecule has 0 amide bonds. The van der Waals surface area contributed by atoms with Crippen molar-refractivity contribution in [3.8, 4) is 0 Å². The molecule has 0 bridgehead atoms. The summed E-state index contributed by atoms with van der Waals surface area (Å²) < 4.78 is 15.5. The highest BCUT2D eigenvalue weighted by Gasteiger charge is 2.03. The number of anilines is 1. The Balaban J connectivity index is 2.27. The van der Waals surface area contributed by atoms with Gasteiger partial charge < -0.3 is 5.73 Å². The topological polar surface area (TPSA) is 43.8 Å². The fraction of sp³-hybridized carbons (Fsp3) is 0.100. The van der Waals surface area contributed by atoms with Crippen LogP contribution < -0.4 is 5.73 Å². The molecule has 1 aromatic heterocycles.